The molecule has 1 aliphatic carbocycles. The molecule has 0 aliphatic heterocycles. The van der Waals surface area contributed by atoms with Gasteiger partial charge in [-0.15, -0.1) is 0 Å². The highest BCUT2D eigenvalue weighted by molar-refractivity contribution is 5.79. The van der Waals surface area contributed by atoms with Gasteiger partial charge >= 0.3 is 0 Å². The summed E-state index contributed by atoms with van der Waals surface area (Å²) in [5.74, 6) is 1.83. The maximum absolute atomic E-state index is 5.41. The lowest BCUT2D eigenvalue weighted by Crippen LogP contribution is -2.43. The summed E-state index contributed by atoms with van der Waals surface area (Å²) >= 11 is 0. The van der Waals surface area contributed by atoms with E-state index >= 15 is 0 Å². The fourth-order valence-electron chi connectivity index (χ4n) is 3.80. The van der Waals surface area contributed by atoms with Crippen LogP contribution in [0.5, 0.6) is 5.75 Å². The normalized spacial score (nSPS) is 16.5. The van der Waals surface area contributed by atoms with Crippen molar-refractivity contribution in [1.29, 1.82) is 0 Å². The van der Waals surface area contributed by atoms with Gasteiger partial charge in [-0.3, -0.25) is 4.99 Å². The Morgan fingerprint density at radius 1 is 1.19 bits per heavy atom. The average molecular weight is 362 g/mol. The van der Waals surface area contributed by atoms with Crippen LogP contribution in [-0.4, -0.2) is 46.9 Å². The quantitative estimate of drug-likeness (QED) is 0.523. The molecule has 0 spiro atoms. The molecule has 5 nitrogen and oxygen atoms in total. The van der Waals surface area contributed by atoms with E-state index in [1.807, 2.05) is 7.05 Å². The third-order valence-corrected chi connectivity index (χ3v) is 5.53. The first-order chi connectivity index (χ1) is 12.6. The van der Waals surface area contributed by atoms with Gasteiger partial charge in [0.1, 0.15) is 5.75 Å². The fourth-order valence-corrected chi connectivity index (χ4v) is 3.80. The van der Waals surface area contributed by atoms with E-state index < -0.39 is 0 Å². The zero-order chi connectivity index (χ0) is 18.8. The first kappa shape index (κ1) is 20.6. The molecule has 0 atom stereocenters. The van der Waals surface area contributed by atoms with E-state index in [1.54, 1.807) is 14.2 Å². The molecule has 1 fully saturated rings. The van der Waals surface area contributed by atoms with Crippen molar-refractivity contribution >= 4 is 5.96 Å². The Bertz CT molecular complexity index is 581. The monoisotopic (exact) mass is 361 g/mol. The lowest BCUT2D eigenvalue weighted by atomic mass is 9.83. The summed E-state index contributed by atoms with van der Waals surface area (Å²) in [6, 6.07) is 6.39. The van der Waals surface area contributed by atoms with Gasteiger partial charge in [-0.25, -0.2) is 0 Å². The number of rotatable bonds is 9. The molecule has 0 unspecified atom stereocenters. The Morgan fingerprint density at radius 2 is 1.96 bits per heavy atom. The smallest absolute Gasteiger partial charge is 0.191 e. The van der Waals surface area contributed by atoms with E-state index in [9.17, 15) is 0 Å². The highest BCUT2D eigenvalue weighted by Crippen LogP contribution is 2.40. The molecule has 1 saturated carbocycles. The maximum Gasteiger partial charge on any atom is 0.191 e. The second-order valence-electron chi connectivity index (χ2n) is 7.36. The van der Waals surface area contributed by atoms with E-state index in [1.165, 1.54) is 36.8 Å². The molecule has 0 bridgehead atoms. The highest BCUT2D eigenvalue weighted by atomic mass is 16.5. The van der Waals surface area contributed by atoms with E-state index in [4.69, 9.17) is 9.47 Å². The van der Waals surface area contributed by atoms with E-state index in [0.717, 1.165) is 44.2 Å². The van der Waals surface area contributed by atoms with Crippen molar-refractivity contribution in [2.24, 2.45) is 10.4 Å². The van der Waals surface area contributed by atoms with Gasteiger partial charge in [-0.05, 0) is 55.2 Å². The first-order valence-electron chi connectivity index (χ1n) is 9.69. The third-order valence-electron chi connectivity index (χ3n) is 5.53. The van der Waals surface area contributed by atoms with Crippen molar-refractivity contribution < 1.29 is 9.47 Å². The molecule has 146 valence electrons. The zero-order valence-electron chi connectivity index (χ0n) is 16.9. The molecular weight excluding hydrogens is 326 g/mol. The van der Waals surface area contributed by atoms with Gasteiger partial charge in [0, 0.05) is 33.9 Å². The fraction of sp³-hybridized carbons (Fsp3) is 0.667. The molecule has 2 N–H and O–H groups in total. The lowest BCUT2D eigenvalue weighted by Gasteiger charge is -2.30. The van der Waals surface area contributed by atoms with Crippen LogP contribution in [0.4, 0.5) is 0 Å². The summed E-state index contributed by atoms with van der Waals surface area (Å²) in [6.45, 7) is 4.71. The Balaban J connectivity index is 1.80. The molecule has 0 amide bonds. The van der Waals surface area contributed by atoms with Crippen molar-refractivity contribution in [3.05, 3.63) is 29.3 Å². The molecule has 2 rings (SSSR count). The van der Waals surface area contributed by atoms with Gasteiger partial charge in [0.2, 0.25) is 0 Å². The Hall–Kier alpha value is -1.75. The van der Waals surface area contributed by atoms with Crippen LogP contribution in [0.25, 0.3) is 0 Å². The van der Waals surface area contributed by atoms with Crippen molar-refractivity contribution in [3.63, 3.8) is 0 Å². The molecule has 0 saturated heterocycles. The van der Waals surface area contributed by atoms with Crippen LogP contribution in [0.15, 0.2) is 23.2 Å². The molecule has 5 heteroatoms. The average Bonchev–Trinajstić information content (AvgIpc) is 3.13. The molecule has 1 aromatic rings. The minimum atomic E-state index is 0.359. The summed E-state index contributed by atoms with van der Waals surface area (Å²) in [5, 5.41) is 6.97. The number of aryl methyl sites for hydroxylation is 1. The number of nitrogens with zero attached hydrogens (tertiary/aromatic N) is 1. The summed E-state index contributed by atoms with van der Waals surface area (Å²) in [7, 11) is 5.34. The van der Waals surface area contributed by atoms with Gasteiger partial charge < -0.3 is 20.1 Å². The van der Waals surface area contributed by atoms with Crippen molar-refractivity contribution in [2.45, 2.75) is 45.4 Å². The highest BCUT2D eigenvalue weighted by Gasteiger charge is 2.33. The standard InChI is InChI=1S/C21H35N3O2/c1-17-7-8-18(15-19(17)26-4)9-13-23-20(22-2)24-16-21(12-14-25-3)10-5-6-11-21/h7-8,15H,5-6,9-14,16H2,1-4H3,(H2,22,23,24). The minimum absolute atomic E-state index is 0.359. The number of aliphatic imine (C=N–C) groups is 1. The van der Waals surface area contributed by atoms with Crippen LogP contribution in [0.2, 0.25) is 0 Å². The van der Waals surface area contributed by atoms with E-state index in [0.29, 0.717) is 5.41 Å². The van der Waals surface area contributed by atoms with Crippen LogP contribution in [0.1, 0.15) is 43.2 Å². The molecule has 0 radical (unpaired) electrons. The van der Waals surface area contributed by atoms with Gasteiger partial charge in [0.05, 0.1) is 7.11 Å². The summed E-state index contributed by atoms with van der Waals surface area (Å²) in [5.41, 5.74) is 2.79. The largest absolute Gasteiger partial charge is 0.496 e. The number of methoxy groups -OCH3 is 2. The van der Waals surface area contributed by atoms with Gasteiger partial charge in [0.15, 0.2) is 5.96 Å². The molecule has 1 aromatic carbocycles. The van der Waals surface area contributed by atoms with Crippen LogP contribution in [0, 0.1) is 12.3 Å². The van der Waals surface area contributed by atoms with Crippen LogP contribution >= 0.6 is 0 Å². The molecule has 26 heavy (non-hydrogen) atoms. The SMILES string of the molecule is CN=C(NCCc1ccc(C)c(OC)c1)NCC1(CCOC)CCCC1. The minimum Gasteiger partial charge on any atom is -0.496 e. The topological polar surface area (TPSA) is 54.9 Å². The number of guanidine groups is 1. The van der Waals surface area contributed by atoms with Crippen LogP contribution in [-0.2, 0) is 11.2 Å². The molecule has 0 aromatic heterocycles. The number of nitrogens with one attached hydrogen (secondary N) is 2. The van der Waals surface area contributed by atoms with Gasteiger partial charge in [-0.1, -0.05) is 25.0 Å². The van der Waals surface area contributed by atoms with Crippen molar-refractivity contribution in [2.75, 3.05) is 41.0 Å². The summed E-state index contributed by atoms with van der Waals surface area (Å²) in [4.78, 5) is 4.38. The van der Waals surface area contributed by atoms with Crippen LogP contribution < -0.4 is 15.4 Å². The lowest BCUT2D eigenvalue weighted by molar-refractivity contribution is 0.138. The third kappa shape index (κ3) is 5.90. The first-order valence-corrected chi connectivity index (χ1v) is 9.69. The van der Waals surface area contributed by atoms with Crippen LogP contribution in [0.3, 0.4) is 0 Å². The molecule has 1 aliphatic rings. The number of hydrogen-bond acceptors (Lipinski definition) is 3. The van der Waals surface area contributed by atoms with Gasteiger partial charge in [-0.2, -0.15) is 0 Å². The molecule has 0 heterocycles. The number of ether oxygens (including phenoxy) is 2. The van der Waals surface area contributed by atoms with Gasteiger partial charge in [0.25, 0.3) is 0 Å². The number of benzene rings is 1. The van der Waals surface area contributed by atoms with E-state index in [-0.39, 0.29) is 0 Å². The zero-order valence-corrected chi connectivity index (χ0v) is 16.9. The Labute approximate surface area is 158 Å². The van der Waals surface area contributed by atoms with Crippen molar-refractivity contribution in [1.82, 2.24) is 10.6 Å². The van der Waals surface area contributed by atoms with Crippen molar-refractivity contribution in [3.8, 4) is 5.75 Å². The summed E-state index contributed by atoms with van der Waals surface area (Å²) in [6.07, 6.45) is 7.27. The maximum atomic E-state index is 5.41. The number of hydrogen-bond donors (Lipinski definition) is 2. The molecular formula is C21H35N3O2. The Morgan fingerprint density at radius 3 is 2.62 bits per heavy atom. The second-order valence-corrected chi connectivity index (χ2v) is 7.36. The Kier molecular flexibility index (Phi) is 8.23. The van der Waals surface area contributed by atoms with E-state index in [2.05, 4.69) is 40.7 Å². The predicted octanol–water partition coefficient (Wildman–Crippen LogP) is 3.31. The second kappa shape index (κ2) is 10.4. The predicted molar refractivity (Wildman–Crippen MR) is 108 cm³/mol. The summed E-state index contributed by atoms with van der Waals surface area (Å²) < 4.78 is 10.7.